The Kier molecular flexibility index (Phi) is 43.7. The van der Waals surface area contributed by atoms with Crippen molar-refractivity contribution in [1.29, 1.82) is 10.5 Å². The van der Waals surface area contributed by atoms with Crippen LogP contribution in [0.4, 0.5) is 0 Å². The molecule has 4 fully saturated rings. The van der Waals surface area contributed by atoms with Crippen LogP contribution in [0.15, 0.2) is 0 Å². The van der Waals surface area contributed by atoms with E-state index >= 15 is 0 Å². The molecule has 0 aliphatic carbocycles. The summed E-state index contributed by atoms with van der Waals surface area (Å²) in [6.07, 6.45) is 22.0. The zero-order valence-electron chi connectivity index (χ0n) is 28.1. The summed E-state index contributed by atoms with van der Waals surface area (Å²) in [5.41, 5.74) is 0. The van der Waals surface area contributed by atoms with Crippen LogP contribution in [0.25, 0.3) is 21.3 Å². The van der Waals surface area contributed by atoms with Gasteiger partial charge in [-0.1, -0.05) is 141 Å². The molecule has 0 bridgehead atoms. The van der Waals surface area contributed by atoms with Crippen molar-refractivity contribution in [3.63, 3.8) is 0 Å². The van der Waals surface area contributed by atoms with Crippen LogP contribution >= 0.6 is 0 Å². The first-order valence-corrected chi connectivity index (χ1v) is 17.9. The molecule has 6 nitrogen and oxygen atoms in total. The van der Waals surface area contributed by atoms with Crippen molar-refractivity contribution >= 4 is 25.3 Å². The summed E-state index contributed by atoms with van der Waals surface area (Å²) >= 11 is 7.40. The van der Waals surface area contributed by atoms with Gasteiger partial charge in [-0.05, 0) is 23.7 Å². The molecule has 43 heavy (non-hydrogen) atoms. The van der Waals surface area contributed by atoms with Gasteiger partial charge in [0.1, 0.15) is 0 Å². The molecule has 4 rings (SSSR count). The minimum absolute atomic E-state index is 0. The molecule has 257 valence electrons. The Balaban J connectivity index is -0.000000464. The molecule has 0 unspecified atom stereocenters. The van der Waals surface area contributed by atoms with Crippen LogP contribution in [-0.2, 0) is 42.0 Å². The van der Waals surface area contributed by atoms with Crippen molar-refractivity contribution in [2.45, 2.75) is 130 Å². The largest absolute Gasteiger partial charge is 0.696 e. The number of nitrogens with zero attached hydrogens (tertiary/aromatic N) is 6. The molecule has 4 aliphatic heterocycles. The van der Waals surface area contributed by atoms with Crippen molar-refractivity contribution in [3.05, 3.63) is 21.3 Å². The van der Waals surface area contributed by atoms with Gasteiger partial charge in [-0.15, -0.1) is 52.4 Å². The Morgan fingerprint density at radius 3 is 0.698 bits per heavy atom. The third-order valence-corrected chi connectivity index (χ3v) is 8.35. The first kappa shape index (κ1) is 47.2. The Labute approximate surface area is 289 Å². The van der Waals surface area contributed by atoms with E-state index in [1.165, 1.54) is 114 Å². The number of piperidine rings is 4. The molecular weight excluding hydrogens is 615 g/mol. The van der Waals surface area contributed by atoms with E-state index in [4.69, 9.17) is 10.5 Å². The Hall–Kier alpha value is -0.234. The van der Waals surface area contributed by atoms with Crippen LogP contribution in [0.3, 0.4) is 0 Å². The molecule has 0 aromatic heterocycles. The third-order valence-electron chi connectivity index (χ3n) is 8.35. The van der Waals surface area contributed by atoms with E-state index in [2.05, 4.69) is 74.2 Å². The van der Waals surface area contributed by atoms with Gasteiger partial charge >= 0.3 is 0 Å². The molecule has 0 aromatic rings. The maximum absolute atomic E-state index is 7.13. The normalized spacial score (nSPS) is 19.0. The summed E-state index contributed by atoms with van der Waals surface area (Å²) in [5.74, 6) is 4.03. The van der Waals surface area contributed by atoms with Crippen molar-refractivity contribution in [2.75, 3.05) is 52.4 Å². The molecule has 0 aromatic carbocycles. The van der Waals surface area contributed by atoms with Crippen molar-refractivity contribution in [3.8, 4) is 10.8 Å². The van der Waals surface area contributed by atoms with E-state index in [1.807, 2.05) is 0 Å². The third kappa shape index (κ3) is 34.5. The van der Waals surface area contributed by atoms with Gasteiger partial charge in [0.05, 0.1) is 0 Å². The zero-order chi connectivity index (χ0) is 31.5. The number of nitriles is 2. The van der Waals surface area contributed by atoms with Gasteiger partial charge in [0, 0.05) is 16.8 Å². The van der Waals surface area contributed by atoms with Crippen LogP contribution < -0.4 is 0 Å². The summed E-state index contributed by atoms with van der Waals surface area (Å²) in [4.78, 5) is 0. The van der Waals surface area contributed by atoms with E-state index in [1.54, 1.807) is 0 Å². The number of thiocyanates is 2. The average molecular weight is 680 g/mol. The Bertz CT molecular complexity index is 490. The smallest absolute Gasteiger partial charge is 0 e. The van der Waals surface area contributed by atoms with Crippen LogP contribution in [0.5, 0.6) is 0 Å². The van der Waals surface area contributed by atoms with Gasteiger partial charge in [-0.2, -0.15) is 0 Å². The number of hydrogen-bond acceptors (Lipinski definition) is 4. The fourth-order valence-corrected chi connectivity index (χ4v) is 6.00. The second-order valence-electron chi connectivity index (χ2n) is 11.8. The van der Waals surface area contributed by atoms with Crippen molar-refractivity contribution in [1.82, 2.24) is 0 Å². The molecule has 0 spiro atoms. The molecule has 4 aliphatic rings. The SMILES string of the molecule is CCCC1CC[N-]CC1.CCCC1CC[N-]CC1.CCCC1CC[N-]CC1.CCCC1CC[N-]CC1.N#C[S-].N#C[S-].[Co]. The van der Waals surface area contributed by atoms with Crippen molar-refractivity contribution in [2.24, 2.45) is 23.7 Å². The second kappa shape index (κ2) is 39.8. The summed E-state index contributed by atoms with van der Waals surface area (Å²) in [7, 11) is 0. The molecule has 4 heterocycles. The van der Waals surface area contributed by atoms with Gasteiger partial charge in [-0.25, -0.2) is 10.5 Å². The monoisotopic (exact) mass is 679 g/mol. The summed E-state index contributed by atoms with van der Waals surface area (Å²) in [6, 6.07) is 0. The quantitative estimate of drug-likeness (QED) is 0.188. The second-order valence-corrected chi connectivity index (χ2v) is 12.2. The Morgan fingerprint density at radius 2 is 0.581 bits per heavy atom. The zero-order valence-corrected chi connectivity index (χ0v) is 30.8. The number of hydrogen-bond donors (Lipinski definition) is 0. The number of rotatable bonds is 8. The fraction of sp³-hybridized carbons (Fsp3) is 0.941. The molecule has 0 amide bonds. The van der Waals surface area contributed by atoms with E-state index in [0.717, 1.165) is 76.0 Å². The summed E-state index contributed by atoms with van der Waals surface area (Å²) < 4.78 is 0. The molecule has 9 heteroatoms. The van der Waals surface area contributed by atoms with E-state index in [0.29, 0.717) is 0 Å². The van der Waals surface area contributed by atoms with Crippen LogP contribution in [0.2, 0.25) is 0 Å². The van der Waals surface area contributed by atoms with Gasteiger partial charge in [0.15, 0.2) is 0 Å². The molecule has 0 N–H and O–H groups in total. The van der Waals surface area contributed by atoms with E-state index in [9.17, 15) is 0 Å². The maximum atomic E-state index is 7.13. The molecule has 0 atom stereocenters. The predicted molar refractivity (Wildman–Crippen MR) is 189 cm³/mol. The van der Waals surface area contributed by atoms with Crippen LogP contribution in [0.1, 0.15) is 130 Å². The van der Waals surface area contributed by atoms with Gasteiger partial charge in [-0.3, -0.25) is 0 Å². The minimum atomic E-state index is 0. The van der Waals surface area contributed by atoms with E-state index in [-0.39, 0.29) is 16.8 Å². The minimum Gasteiger partial charge on any atom is -0.696 e. The summed E-state index contributed by atoms with van der Waals surface area (Å²) in [5, 5.41) is 34.2. The average Bonchev–Trinajstić information content (AvgIpc) is 3.02. The molecule has 4 saturated heterocycles. The predicted octanol–water partition coefficient (Wildman–Crippen LogP) is 10.3. The standard InChI is InChI=1S/4C8H16N.2CHNS.Co/c4*1-2-3-8-4-6-9-7-5-8;2*2-1-3;/h4*8H,2-7H2,1H3;2*3H;/q4*-1;;;/p-2. The Morgan fingerprint density at radius 1 is 0.442 bits per heavy atom. The van der Waals surface area contributed by atoms with Gasteiger partial charge < -0.3 is 46.5 Å². The molecule has 1 radical (unpaired) electrons. The molecular formula is C34H64CoN6S2-6. The van der Waals surface area contributed by atoms with Gasteiger partial charge in [0.2, 0.25) is 0 Å². The first-order chi connectivity index (χ1) is 20.6. The fourth-order valence-electron chi connectivity index (χ4n) is 6.00. The molecule has 0 saturated carbocycles. The maximum Gasteiger partial charge on any atom is 0 e. The van der Waals surface area contributed by atoms with Gasteiger partial charge in [0.25, 0.3) is 0 Å². The first-order valence-electron chi connectivity index (χ1n) is 17.1. The van der Waals surface area contributed by atoms with Crippen molar-refractivity contribution < 1.29 is 16.8 Å². The van der Waals surface area contributed by atoms with Crippen LogP contribution in [0, 0.1) is 45.0 Å². The summed E-state index contributed by atoms with van der Waals surface area (Å²) in [6.45, 7) is 18.1. The van der Waals surface area contributed by atoms with Crippen LogP contribution in [-0.4, -0.2) is 52.4 Å². The topological polar surface area (TPSA) is 104 Å². The van der Waals surface area contributed by atoms with E-state index < -0.39 is 0 Å².